The average Bonchev–Trinajstić information content (AvgIpc) is 3.19. The van der Waals surface area contributed by atoms with Crippen molar-refractivity contribution in [3.8, 4) is 5.75 Å². The van der Waals surface area contributed by atoms with Gasteiger partial charge in [-0.3, -0.25) is 4.79 Å². The highest BCUT2D eigenvalue weighted by Crippen LogP contribution is 2.22. The third-order valence-electron chi connectivity index (χ3n) is 5.08. The first kappa shape index (κ1) is 16.6. The van der Waals surface area contributed by atoms with Gasteiger partial charge in [-0.1, -0.05) is 30.3 Å². The molecule has 1 amide bonds. The van der Waals surface area contributed by atoms with Crippen molar-refractivity contribution in [1.82, 2.24) is 14.5 Å². The first-order valence-corrected chi connectivity index (χ1v) is 9.13. The molecule has 0 atom stereocenters. The van der Waals surface area contributed by atoms with Crippen molar-refractivity contribution in [2.75, 3.05) is 19.7 Å². The maximum absolute atomic E-state index is 12.4. The van der Waals surface area contributed by atoms with E-state index in [1.54, 1.807) is 0 Å². The van der Waals surface area contributed by atoms with Gasteiger partial charge in [0.2, 0.25) is 0 Å². The van der Waals surface area contributed by atoms with Crippen molar-refractivity contribution in [3.05, 3.63) is 61.2 Å². The summed E-state index contributed by atoms with van der Waals surface area (Å²) in [5.41, 5.74) is 0. The molecule has 0 N–H and O–H groups in total. The topological polar surface area (TPSA) is 47.4 Å². The zero-order valence-electron chi connectivity index (χ0n) is 14.8. The Morgan fingerprint density at radius 1 is 1.12 bits per heavy atom. The van der Waals surface area contributed by atoms with Crippen LogP contribution in [-0.4, -0.2) is 40.1 Å². The van der Waals surface area contributed by atoms with Gasteiger partial charge in [-0.15, -0.1) is 0 Å². The second kappa shape index (κ2) is 7.60. The lowest BCUT2D eigenvalue weighted by Crippen LogP contribution is -2.41. The lowest BCUT2D eigenvalue weighted by atomic mass is 9.97. The van der Waals surface area contributed by atoms with Crippen LogP contribution in [0.1, 0.15) is 12.8 Å². The summed E-state index contributed by atoms with van der Waals surface area (Å²) in [6.07, 6.45) is 7.71. The van der Waals surface area contributed by atoms with Crippen LogP contribution in [0.4, 0.5) is 0 Å². The maximum atomic E-state index is 12.4. The van der Waals surface area contributed by atoms with Gasteiger partial charge < -0.3 is 14.2 Å². The molecule has 2 heterocycles. The molecule has 4 rings (SSSR count). The number of imidazole rings is 1. The van der Waals surface area contributed by atoms with Gasteiger partial charge in [-0.05, 0) is 41.7 Å². The van der Waals surface area contributed by atoms with Gasteiger partial charge in [0, 0.05) is 32.0 Å². The minimum atomic E-state index is 0.0687. The van der Waals surface area contributed by atoms with Crippen LogP contribution in [0.25, 0.3) is 10.8 Å². The number of hydrogen-bond donors (Lipinski definition) is 0. The molecular formula is C21H23N3O2. The summed E-state index contributed by atoms with van der Waals surface area (Å²) in [5, 5.41) is 2.30. The monoisotopic (exact) mass is 349 g/mol. The Morgan fingerprint density at radius 3 is 2.69 bits per heavy atom. The van der Waals surface area contributed by atoms with E-state index in [0.29, 0.717) is 5.92 Å². The van der Waals surface area contributed by atoms with Gasteiger partial charge >= 0.3 is 0 Å². The Morgan fingerprint density at radius 2 is 1.92 bits per heavy atom. The number of benzene rings is 2. The Kier molecular flexibility index (Phi) is 4.86. The summed E-state index contributed by atoms with van der Waals surface area (Å²) < 4.78 is 7.85. The molecule has 0 radical (unpaired) electrons. The first-order chi connectivity index (χ1) is 12.8. The molecule has 1 aliphatic heterocycles. The second-order valence-corrected chi connectivity index (χ2v) is 6.88. The molecule has 26 heavy (non-hydrogen) atoms. The number of ether oxygens (including phenoxy) is 1. The fourth-order valence-electron chi connectivity index (χ4n) is 3.55. The lowest BCUT2D eigenvalue weighted by molar-refractivity contribution is -0.134. The van der Waals surface area contributed by atoms with Gasteiger partial charge in [-0.2, -0.15) is 0 Å². The summed E-state index contributed by atoms with van der Waals surface area (Å²) in [5.74, 6) is 1.42. The molecule has 0 unspecified atom stereocenters. The third-order valence-corrected chi connectivity index (χ3v) is 5.08. The highest BCUT2D eigenvalue weighted by atomic mass is 16.5. The van der Waals surface area contributed by atoms with Crippen molar-refractivity contribution < 1.29 is 9.53 Å². The molecule has 5 nitrogen and oxygen atoms in total. The minimum Gasteiger partial charge on any atom is -0.484 e. The molecule has 1 aliphatic rings. The fourth-order valence-corrected chi connectivity index (χ4v) is 3.55. The number of likely N-dealkylation sites (tertiary alicyclic amines) is 1. The minimum absolute atomic E-state index is 0.0687. The zero-order chi connectivity index (χ0) is 17.8. The largest absolute Gasteiger partial charge is 0.484 e. The summed E-state index contributed by atoms with van der Waals surface area (Å²) in [6.45, 7) is 2.69. The van der Waals surface area contributed by atoms with Crippen LogP contribution in [0.2, 0.25) is 0 Å². The Bertz CT molecular complexity index is 868. The quantitative estimate of drug-likeness (QED) is 0.710. The SMILES string of the molecule is O=C(COc1ccc2ccccc2c1)N1CCC(Cn2ccnc2)CC1. The molecule has 2 aromatic carbocycles. The number of carbonyl (C=O) groups is 1. The van der Waals surface area contributed by atoms with Gasteiger partial charge in [0.1, 0.15) is 5.75 Å². The molecule has 0 aliphatic carbocycles. The van der Waals surface area contributed by atoms with Gasteiger partial charge in [-0.25, -0.2) is 4.98 Å². The smallest absolute Gasteiger partial charge is 0.260 e. The van der Waals surface area contributed by atoms with E-state index in [1.165, 1.54) is 5.39 Å². The predicted octanol–water partition coefficient (Wildman–Crippen LogP) is 3.35. The van der Waals surface area contributed by atoms with E-state index >= 15 is 0 Å². The summed E-state index contributed by atoms with van der Waals surface area (Å²) in [6, 6.07) is 14.1. The number of nitrogens with zero attached hydrogens (tertiary/aromatic N) is 3. The van der Waals surface area contributed by atoms with Crippen molar-refractivity contribution in [3.63, 3.8) is 0 Å². The molecule has 0 spiro atoms. The maximum Gasteiger partial charge on any atom is 0.260 e. The molecule has 3 aromatic rings. The molecule has 0 bridgehead atoms. The van der Waals surface area contributed by atoms with Gasteiger partial charge in [0.05, 0.1) is 6.33 Å². The summed E-state index contributed by atoms with van der Waals surface area (Å²) in [7, 11) is 0. The average molecular weight is 349 g/mol. The van der Waals surface area contributed by atoms with Crippen LogP contribution in [0.5, 0.6) is 5.75 Å². The molecule has 134 valence electrons. The number of aromatic nitrogens is 2. The van der Waals surface area contributed by atoms with E-state index in [2.05, 4.69) is 21.7 Å². The van der Waals surface area contributed by atoms with Crippen LogP contribution >= 0.6 is 0 Å². The summed E-state index contributed by atoms with van der Waals surface area (Å²) >= 11 is 0. The number of hydrogen-bond acceptors (Lipinski definition) is 3. The number of fused-ring (bicyclic) bond motifs is 1. The standard InChI is InChI=1S/C21H23N3O2/c25-21(15-26-20-6-5-18-3-1-2-4-19(18)13-20)24-10-7-17(8-11-24)14-23-12-9-22-16-23/h1-6,9,12-13,16-17H,7-8,10-11,14-15H2. The Balaban J connectivity index is 1.27. The Hall–Kier alpha value is -2.82. The van der Waals surface area contributed by atoms with Crippen LogP contribution in [-0.2, 0) is 11.3 Å². The van der Waals surface area contributed by atoms with E-state index in [9.17, 15) is 4.79 Å². The molecule has 1 aromatic heterocycles. The van der Waals surface area contributed by atoms with E-state index in [1.807, 2.05) is 54.0 Å². The van der Waals surface area contributed by atoms with Crippen molar-refractivity contribution in [2.24, 2.45) is 5.92 Å². The third kappa shape index (κ3) is 3.87. The Labute approximate surface area is 153 Å². The molecule has 0 saturated carbocycles. The van der Waals surface area contributed by atoms with Crippen molar-refractivity contribution in [1.29, 1.82) is 0 Å². The molecular weight excluding hydrogens is 326 g/mol. The van der Waals surface area contributed by atoms with Crippen LogP contribution in [0.15, 0.2) is 61.2 Å². The zero-order valence-corrected chi connectivity index (χ0v) is 14.8. The van der Waals surface area contributed by atoms with E-state index in [4.69, 9.17) is 4.74 Å². The molecule has 5 heteroatoms. The van der Waals surface area contributed by atoms with Crippen LogP contribution in [0, 0.1) is 5.92 Å². The van der Waals surface area contributed by atoms with Crippen molar-refractivity contribution >= 4 is 16.7 Å². The lowest BCUT2D eigenvalue weighted by Gasteiger charge is -2.32. The van der Waals surface area contributed by atoms with E-state index in [-0.39, 0.29) is 12.5 Å². The van der Waals surface area contributed by atoms with Crippen molar-refractivity contribution in [2.45, 2.75) is 19.4 Å². The van der Waals surface area contributed by atoms with Gasteiger partial charge in [0.15, 0.2) is 6.61 Å². The number of rotatable bonds is 5. The fraction of sp³-hybridized carbons (Fsp3) is 0.333. The summed E-state index contributed by atoms with van der Waals surface area (Å²) in [4.78, 5) is 18.5. The highest BCUT2D eigenvalue weighted by Gasteiger charge is 2.23. The number of piperidine rings is 1. The predicted molar refractivity (Wildman–Crippen MR) is 101 cm³/mol. The highest BCUT2D eigenvalue weighted by molar-refractivity contribution is 5.84. The van der Waals surface area contributed by atoms with E-state index in [0.717, 1.165) is 43.6 Å². The first-order valence-electron chi connectivity index (χ1n) is 9.13. The molecule has 1 fully saturated rings. The van der Waals surface area contributed by atoms with Crippen LogP contribution < -0.4 is 4.74 Å². The van der Waals surface area contributed by atoms with Gasteiger partial charge in [0.25, 0.3) is 5.91 Å². The second-order valence-electron chi connectivity index (χ2n) is 6.88. The molecule has 1 saturated heterocycles. The normalized spacial score (nSPS) is 15.3. The number of carbonyl (C=O) groups excluding carboxylic acids is 1. The number of amides is 1. The van der Waals surface area contributed by atoms with Crippen LogP contribution in [0.3, 0.4) is 0 Å². The van der Waals surface area contributed by atoms with E-state index < -0.39 is 0 Å².